The first kappa shape index (κ1) is 28.4. The summed E-state index contributed by atoms with van der Waals surface area (Å²) < 4.78 is 24.3. The maximum absolute atomic E-state index is 13.7. The van der Waals surface area contributed by atoms with Gasteiger partial charge in [0.1, 0.15) is 17.9 Å². The van der Waals surface area contributed by atoms with Crippen LogP contribution >= 0.6 is 0 Å². The Labute approximate surface area is 232 Å². The number of methoxy groups -OCH3 is 1. The van der Waals surface area contributed by atoms with Crippen molar-refractivity contribution in [3.63, 3.8) is 0 Å². The van der Waals surface area contributed by atoms with Gasteiger partial charge in [0.25, 0.3) is 0 Å². The lowest BCUT2D eigenvalue weighted by Crippen LogP contribution is -2.43. The van der Waals surface area contributed by atoms with E-state index >= 15 is 0 Å². The molecular weight excluding hydrogens is 511 g/mol. The molecule has 40 heavy (non-hydrogen) atoms. The first-order valence-electron chi connectivity index (χ1n) is 13.0. The molecule has 0 saturated carbocycles. The fourth-order valence-corrected chi connectivity index (χ4v) is 4.24. The van der Waals surface area contributed by atoms with Crippen LogP contribution in [0.5, 0.6) is 0 Å². The molecule has 4 aromatic rings. The molecule has 3 aromatic carbocycles. The maximum Gasteiger partial charge on any atom is 0.247 e. The highest BCUT2D eigenvalue weighted by Gasteiger charge is 2.22. The number of benzene rings is 3. The lowest BCUT2D eigenvalue weighted by atomic mass is 10.1. The lowest BCUT2D eigenvalue weighted by molar-refractivity contribution is -0.139. The predicted molar refractivity (Wildman–Crippen MR) is 152 cm³/mol. The van der Waals surface area contributed by atoms with Gasteiger partial charge in [-0.1, -0.05) is 54.6 Å². The van der Waals surface area contributed by atoms with E-state index in [0.717, 1.165) is 5.56 Å². The second-order valence-electron chi connectivity index (χ2n) is 9.31. The van der Waals surface area contributed by atoms with Crippen molar-refractivity contribution in [1.29, 1.82) is 0 Å². The van der Waals surface area contributed by atoms with E-state index in [-0.39, 0.29) is 36.9 Å². The molecule has 4 rings (SSSR count). The average Bonchev–Trinajstić information content (AvgIpc) is 2.98. The minimum absolute atomic E-state index is 0.0384. The van der Waals surface area contributed by atoms with E-state index in [9.17, 15) is 18.8 Å². The van der Waals surface area contributed by atoms with Crippen LogP contribution in [-0.2, 0) is 27.4 Å². The van der Waals surface area contributed by atoms with Crippen molar-refractivity contribution < 1.29 is 23.1 Å². The largest absolute Gasteiger partial charge is 0.464 e. The zero-order valence-electron chi connectivity index (χ0n) is 22.3. The Bertz CT molecular complexity index is 1520. The molecule has 0 unspecified atom stereocenters. The molecule has 7 nitrogen and oxygen atoms in total. The molecule has 1 aromatic heterocycles. The van der Waals surface area contributed by atoms with Gasteiger partial charge in [0.2, 0.25) is 11.8 Å². The van der Waals surface area contributed by atoms with Gasteiger partial charge in [0.05, 0.1) is 23.8 Å². The topological polar surface area (TPSA) is 80.1 Å². The highest BCUT2D eigenvalue weighted by atomic mass is 19.1. The van der Waals surface area contributed by atoms with Crippen LogP contribution in [0.2, 0.25) is 0 Å². The fraction of sp³-hybridized carbons (Fsp3) is 0.219. The predicted octanol–water partition coefficient (Wildman–Crippen LogP) is 5.04. The summed E-state index contributed by atoms with van der Waals surface area (Å²) in [6, 6.07) is 22.1. The summed E-state index contributed by atoms with van der Waals surface area (Å²) in [6.07, 6.45) is 5.05. The number of nitrogens with zero attached hydrogens (tertiary/aromatic N) is 2. The number of rotatable bonds is 12. The van der Waals surface area contributed by atoms with Gasteiger partial charge in [-0.25, -0.2) is 4.39 Å². The fourth-order valence-electron chi connectivity index (χ4n) is 4.24. The molecule has 206 valence electrons. The van der Waals surface area contributed by atoms with Crippen molar-refractivity contribution in [2.75, 3.05) is 26.8 Å². The summed E-state index contributed by atoms with van der Waals surface area (Å²) in [5, 5.41) is 0.414. The molecule has 0 aliphatic carbocycles. The number of ether oxygens (including phenoxy) is 1. The molecule has 0 aliphatic rings. The van der Waals surface area contributed by atoms with Gasteiger partial charge in [-0.15, -0.1) is 0 Å². The van der Waals surface area contributed by atoms with E-state index in [2.05, 4.69) is 0 Å². The van der Waals surface area contributed by atoms with Crippen LogP contribution in [0.15, 0.2) is 100 Å². The van der Waals surface area contributed by atoms with Crippen molar-refractivity contribution in [2.24, 2.45) is 0 Å². The van der Waals surface area contributed by atoms with E-state index in [1.807, 2.05) is 30.3 Å². The minimum Gasteiger partial charge on any atom is -0.464 e. The van der Waals surface area contributed by atoms with Crippen molar-refractivity contribution in [1.82, 2.24) is 9.80 Å². The van der Waals surface area contributed by atoms with Crippen molar-refractivity contribution in [3.8, 4) is 0 Å². The third-order valence-corrected chi connectivity index (χ3v) is 6.38. The molecule has 0 spiro atoms. The normalized spacial score (nSPS) is 11.2. The summed E-state index contributed by atoms with van der Waals surface area (Å²) in [5.41, 5.74) is 2.06. The number of amides is 2. The zero-order chi connectivity index (χ0) is 28.3. The van der Waals surface area contributed by atoms with Crippen LogP contribution in [0.1, 0.15) is 23.1 Å². The van der Waals surface area contributed by atoms with E-state index in [4.69, 9.17) is 9.15 Å². The Morgan fingerprint density at radius 1 is 0.925 bits per heavy atom. The number of fused-ring (bicyclic) bond motifs is 1. The zero-order valence-corrected chi connectivity index (χ0v) is 22.3. The van der Waals surface area contributed by atoms with Crippen LogP contribution in [-0.4, -0.2) is 48.4 Å². The van der Waals surface area contributed by atoms with Crippen LogP contribution in [0.4, 0.5) is 4.39 Å². The summed E-state index contributed by atoms with van der Waals surface area (Å²) in [6.45, 7) is 0.605. The van der Waals surface area contributed by atoms with Crippen molar-refractivity contribution in [3.05, 3.63) is 124 Å². The summed E-state index contributed by atoms with van der Waals surface area (Å²) in [4.78, 5) is 42.9. The summed E-state index contributed by atoms with van der Waals surface area (Å²) >= 11 is 0. The summed E-state index contributed by atoms with van der Waals surface area (Å²) in [7, 11) is 1.58. The van der Waals surface area contributed by atoms with Crippen LogP contribution in [0.25, 0.3) is 17.0 Å². The van der Waals surface area contributed by atoms with E-state index < -0.39 is 5.82 Å². The Morgan fingerprint density at radius 3 is 2.40 bits per heavy atom. The second kappa shape index (κ2) is 14.0. The third kappa shape index (κ3) is 7.74. The number of carbonyl (C=O) groups excluding carboxylic acids is 2. The van der Waals surface area contributed by atoms with Crippen LogP contribution < -0.4 is 5.43 Å². The second-order valence-corrected chi connectivity index (χ2v) is 9.31. The number of carbonyl (C=O) groups is 2. The molecule has 1 heterocycles. The Balaban J connectivity index is 1.59. The first-order chi connectivity index (χ1) is 19.4. The highest BCUT2D eigenvalue weighted by Crippen LogP contribution is 2.15. The highest BCUT2D eigenvalue weighted by molar-refractivity contribution is 5.94. The molecule has 0 fully saturated rings. The van der Waals surface area contributed by atoms with Crippen LogP contribution in [0, 0.1) is 5.82 Å². The van der Waals surface area contributed by atoms with E-state index in [1.165, 1.54) is 34.3 Å². The number of hydrogen-bond donors (Lipinski definition) is 0. The standard InChI is InChI=1S/C32H31FN2O5/c1-39-19-7-18-34(30(36)17-14-24-8-3-2-4-9-24)22-31(37)35(20-25-12-15-27(33)16-13-25)21-26-23-40-29-11-6-5-10-28(29)32(26)38/h2-6,8-17,23H,7,18-22H2,1H3/b17-14+. The molecular formula is C32H31FN2O5. The molecule has 0 radical (unpaired) electrons. The Morgan fingerprint density at radius 2 is 1.65 bits per heavy atom. The monoisotopic (exact) mass is 542 g/mol. The van der Waals surface area contributed by atoms with E-state index in [1.54, 1.807) is 49.6 Å². The average molecular weight is 543 g/mol. The van der Waals surface area contributed by atoms with Gasteiger partial charge in [0, 0.05) is 32.9 Å². The van der Waals surface area contributed by atoms with Gasteiger partial charge in [-0.05, 0) is 47.9 Å². The molecule has 8 heteroatoms. The van der Waals surface area contributed by atoms with Gasteiger partial charge >= 0.3 is 0 Å². The number of halogens is 1. The van der Waals surface area contributed by atoms with Crippen molar-refractivity contribution >= 4 is 28.9 Å². The third-order valence-electron chi connectivity index (χ3n) is 6.38. The number of hydrogen-bond acceptors (Lipinski definition) is 5. The summed E-state index contributed by atoms with van der Waals surface area (Å²) in [5.74, 6) is -1.08. The Hall–Kier alpha value is -4.56. The molecule has 0 aliphatic heterocycles. The SMILES string of the molecule is COCCCN(CC(=O)N(Cc1ccc(F)cc1)Cc1coc2ccccc2c1=O)C(=O)/C=C/c1ccccc1. The first-order valence-corrected chi connectivity index (χ1v) is 13.0. The smallest absolute Gasteiger partial charge is 0.247 e. The molecule has 2 amide bonds. The molecule has 0 N–H and O–H groups in total. The van der Waals surface area contributed by atoms with Gasteiger partial charge in [0.15, 0.2) is 5.43 Å². The number of para-hydroxylation sites is 1. The quantitative estimate of drug-likeness (QED) is 0.185. The molecule has 0 saturated heterocycles. The van der Waals surface area contributed by atoms with Crippen molar-refractivity contribution in [2.45, 2.75) is 19.5 Å². The molecule has 0 atom stereocenters. The van der Waals surface area contributed by atoms with E-state index in [0.29, 0.717) is 41.7 Å². The lowest BCUT2D eigenvalue weighted by Gasteiger charge is -2.27. The maximum atomic E-state index is 13.7. The molecule has 0 bridgehead atoms. The van der Waals surface area contributed by atoms with Gasteiger partial charge in [-0.2, -0.15) is 0 Å². The van der Waals surface area contributed by atoms with Crippen LogP contribution in [0.3, 0.4) is 0 Å². The van der Waals surface area contributed by atoms with Gasteiger partial charge < -0.3 is 19.0 Å². The Kier molecular flexibility index (Phi) is 9.96. The minimum atomic E-state index is -0.392. The van der Waals surface area contributed by atoms with Gasteiger partial charge in [-0.3, -0.25) is 14.4 Å².